The third kappa shape index (κ3) is 9.17. The number of aliphatic hydroxyl groups is 4. The van der Waals surface area contributed by atoms with Crippen molar-refractivity contribution < 1.29 is 24.8 Å². The number of allylic oxidation sites excluding steroid dienone is 1. The van der Waals surface area contributed by atoms with Crippen LogP contribution in [0.4, 0.5) is 0 Å². The number of aryl methyl sites for hydroxylation is 1. The van der Waals surface area contributed by atoms with Crippen molar-refractivity contribution in [3.05, 3.63) is 59.2 Å². The van der Waals surface area contributed by atoms with Crippen LogP contribution in [-0.2, 0) is 6.42 Å². The highest BCUT2D eigenvalue weighted by atomic mass is 16.5. The number of likely N-dealkylation sites (N-methyl/N-ethyl adjacent to an activating group) is 2. The van der Waals surface area contributed by atoms with Crippen LogP contribution in [0.2, 0.25) is 0 Å². The van der Waals surface area contributed by atoms with Gasteiger partial charge in [-0.25, -0.2) is 0 Å². The molecule has 7 atom stereocenters. The molecule has 48 heavy (non-hydrogen) atoms. The summed E-state index contributed by atoms with van der Waals surface area (Å²) >= 11 is 0. The van der Waals surface area contributed by atoms with Gasteiger partial charge in [-0.15, -0.1) is 16.6 Å². The van der Waals surface area contributed by atoms with Crippen molar-refractivity contribution in [2.75, 3.05) is 39.9 Å². The highest BCUT2D eigenvalue weighted by molar-refractivity contribution is 6.03. The molecule has 2 aliphatic heterocycles. The molecule has 0 bridgehead atoms. The Labute approximate surface area is 288 Å². The van der Waals surface area contributed by atoms with Crippen LogP contribution in [0.3, 0.4) is 0 Å². The standard InChI is InChI=1S/C39H60N4O5/c1-5-7-11-37-28(23-44)19-29(48-37)15-12-26-13-17-36(46)38(18-26)47-24-35(41-6-2)33-20-31-32(43-33)16-14-27-9-8-10-30(27)39(31)34(22-40-4)42-21-25(3)45/h13,17-20,25,27,30,34-35,37,39-42,44-45,48H,5-12,14-16,21-24H2,1-4H3/p+1/t25-,27+,30-,34-,35-,37?,39+/m0/s1. The summed E-state index contributed by atoms with van der Waals surface area (Å²) in [6.07, 6.45) is 15.9. The van der Waals surface area contributed by atoms with E-state index in [0.717, 1.165) is 80.5 Å². The lowest BCUT2D eigenvalue weighted by molar-refractivity contribution is -0.0550. The number of nitrogens with zero attached hydrogens (tertiary/aromatic N) is 1. The first-order chi connectivity index (χ1) is 23.3. The fraction of sp³-hybridized carbons (Fsp3) is 0.667. The van der Waals surface area contributed by atoms with E-state index in [0.29, 0.717) is 30.7 Å². The number of aromatic hydroxyl groups is 1. The number of unbranched alkanes of at least 4 members (excludes halogenated alkanes) is 1. The Morgan fingerprint density at radius 2 is 2.02 bits per heavy atom. The highest BCUT2D eigenvalue weighted by Crippen LogP contribution is 2.49. The van der Waals surface area contributed by atoms with Crippen LogP contribution in [0.25, 0.3) is 0 Å². The molecular formula is C39H61N4O5+. The number of hydrogen-bond acceptors (Lipinski definition) is 8. The van der Waals surface area contributed by atoms with Gasteiger partial charge in [0.2, 0.25) is 0 Å². The summed E-state index contributed by atoms with van der Waals surface area (Å²) in [7, 11) is 2.01. The van der Waals surface area contributed by atoms with Crippen molar-refractivity contribution in [1.82, 2.24) is 16.0 Å². The molecule has 1 aromatic carbocycles. The smallest absolute Gasteiger partial charge is 0.196 e. The Hall–Kier alpha value is -2.53. The van der Waals surface area contributed by atoms with E-state index >= 15 is 0 Å². The first kappa shape index (κ1) is 36.7. The summed E-state index contributed by atoms with van der Waals surface area (Å²) < 4.78 is 11.2. The molecule has 9 nitrogen and oxygen atoms in total. The Morgan fingerprint density at radius 1 is 1.17 bits per heavy atom. The Balaban J connectivity index is 1.27. The van der Waals surface area contributed by atoms with Gasteiger partial charge >= 0.3 is 0 Å². The van der Waals surface area contributed by atoms with Gasteiger partial charge in [-0.2, -0.15) is 0 Å². The van der Waals surface area contributed by atoms with Crippen LogP contribution in [-0.4, -0.2) is 90.0 Å². The maximum atomic E-state index is 10.7. The van der Waals surface area contributed by atoms with Crippen LogP contribution < -0.4 is 20.7 Å². The van der Waals surface area contributed by atoms with E-state index in [4.69, 9.17) is 14.5 Å². The predicted molar refractivity (Wildman–Crippen MR) is 193 cm³/mol. The number of aliphatic imine (C=N–C) groups is 1. The van der Waals surface area contributed by atoms with Crippen molar-refractivity contribution in [2.45, 2.75) is 109 Å². The van der Waals surface area contributed by atoms with Gasteiger partial charge < -0.3 is 35.4 Å². The first-order valence-corrected chi connectivity index (χ1v) is 18.6. The molecule has 2 saturated carbocycles. The van der Waals surface area contributed by atoms with Crippen LogP contribution in [0.5, 0.6) is 11.5 Å². The molecule has 266 valence electrons. The van der Waals surface area contributed by atoms with Gasteiger partial charge in [0, 0.05) is 38.6 Å². The quantitative estimate of drug-likeness (QED) is 0.0946. The summed E-state index contributed by atoms with van der Waals surface area (Å²) in [4.78, 5) is 5.27. The zero-order valence-electron chi connectivity index (χ0n) is 29.7. The lowest BCUT2D eigenvalue weighted by Gasteiger charge is -2.33. The normalized spacial score (nSPS) is 25.6. The van der Waals surface area contributed by atoms with E-state index < -0.39 is 6.10 Å². The number of hydrogen-bond donors (Lipinski definition) is 6. The van der Waals surface area contributed by atoms with Gasteiger partial charge in [0.25, 0.3) is 0 Å². The van der Waals surface area contributed by atoms with Crippen molar-refractivity contribution in [3.8, 4) is 11.5 Å². The molecule has 0 radical (unpaired) electrons. The molecule has 0 saturated heterocycles. The molecular weight excluding hydrogens is 604 g/mol. The molecule has 0 spiro atoms. The van der Waals surface area contributed by atoms with Gasteiger partial charge in [0.05, 0.1) is 18.1 Å². The van der Waals surface area contributed by atoms with Crippen LogP contribution in [0, 0.1) is 29.8 Å². The maximum Gasteiger partial charge on any atom is 0.196 e. The zero-order chi connectivity index (χ0) is 34.0. The van der Waals surface area contributed by atoms with Crippen LogP contribution in [0.1, 0.15) is 84.1 Å². The van der Waals surface area contributed by atoms with E-state index in [9.17, 15) is 15.3 Å². The minimum absolute atomic E-state index is 0.0604. The summed E-state index contributed by atoms with van der Waals surface area (Å²) in [6, 6.07) is 5.70. The number of fused-ring (bicyclic) bond motifs is 2. The van der Waals surface area contributed by atoms with Crippen LogP contribution in [0.15, 0.2) is 46.6 Å². The SMILES string of the molecule is CCCCC1[OH+][C-](CCc2ccc(O)c(OC[C@H](NCC)C3=C[C+]4C(=N3)CC[C@H]3CCC[C@@H]3[C@H]4[C@H](CNC)NC[C@H](C)O)c2)C=C1CO. The fourth-order valence-electron chi connectivity index (χ4n) is 8.33. The monoisotopic (exact) mass is 665 g/mol. The second kappa shape index (κ2) is 17.9. The number of phenols is 1. The van der Waals surface area contributed by atoms with Gasteiger partial charge in [-0.05, 0) is 82.2 Å². The summed E-state index contributed by atoms with van der Waals surface area (Å²) in [6.45, 7) is 8.71. The number of phenolic OH excluding ortho intramolecular Hbond substituents is 1. The molecule has 7 N–H and O–H groups in total. The third-order valence-electron chi connectivity index (χ3n) is 10.7. The second-order valence-corrected chi connectivity index (χ2v) is 14.3. The van der Waals surface area contributed by atoms with E-state index in [1.807, 2.05) is 26.1 Å². The number of benzene rings is 1. The van der Waals surface area contributed by atoms with Gasteiger partial charge in [0.1, 0.15) is 30.4 Å². The Bertz CT molecular complexity index is 1260. The van der Waals surface area contributed by atoms with Gasteiger partial charge in [0.15, 0.2) is 23.2 Å². The minimum Gasteiger partial charge on any atom is -0.504 e. The number of nitrogens with one attached hydrogen (secondary N) is 3. The maximum absolute atomic E-state index is 10.7. The molecule has 9 heteroatoms. The molecule has 0 aromatic heterocycles. The zero-order valence-corrected chi connectivity index (χ0v) is 29.7. The largest absolute Gasteiger partial charge is 0.504 e. The van der Waals surface area contributed by atoms with E-state index in [1.165, 1.54) is 37.3 Å². The van der Waals surface area contributed by atoms with Crippen molar-refractivity contribution in [3.63, 3.8) is 0 Å². The third-order valence-corrected chi connectivity index (χ3v) is 10.7. The van der Waals surface area contributed by atoms with Crippen molar-refractivity contribution in [2.24, 2.45) is 22.7 Å². The predicted octanol–water partition coefficient (Wildman–Crippen LogP) is 4.53. The lowest BCUT2D eigenvalue weighted by Crippen LogP contribution is -2.50. The average molecular weight is 666 g/mol. The molecule has 4 aliphatic rings. The molecule has 1 aromatic rings. The minimum atomic E-state index is -0.400. The molecule has 5 rings (SSSR count). The van der Waals surface area contributed by atoms with Crippen LogP contribution >= 0.6 is 0 Å². The number of rotatable bonds is 19. The Morgan fingerprint density at radius 3 is 2.77 bits per heavy atom. The summed E-state index contributed by atoms with van der Waals surface area (Å²) in [5.41, 5.74) is 4.31. The number of aliphatic hydroxyl groups excluding tert-OH is 2. The fourth-order valence-corrected chi connectivity index (χ4v) is 8.33. The lowest BCUT2D eigenvalue weighted by atomic mass is 9.72. The van der Waals surface area contributed by atoms with Gasteiger partial charge in [-0.1, -0.05) is 39.2 Å². The molecule has 1 unspecified atom stereocenters. The molecule has 2 heterocycles. The topological polar surface area (TPSA) is 131 Å². The average Bonchev–Trinajstić information content (AvgIpc) is 3.81. The van der Waals surface area contributed by atoms with E-state index in [1.54, 1.807) is 6.07 Å². The van der Waals surface area contributed by atoms with Crippen molar-refractivity contribution in [1.29, 1.82) is 0 Å². The molecule has 2 aliphatic carbocycles. The summed E-state index contributed by atoms with van der Waals surface area (Å²) in [5.74, 6) is 3.63. The van der Waals surface area contributed by atoms with Crippen molar-refractivity contribution >= 4 is 5.71 Å². The number of ether oxygens (including phenoxy) is 2. The first-order valence-electron chi connectivity index (χ1n) is 18.6. The molecule has 2 fully saturated rings. The van der Waals surface area contributed by atoms with E-state index in [-0.39, 0.29) is 30.5 Å². The van der Waals surface area contributed by atoms with E-state index in [2.05, 4.69) is 41.9 Å². The van der Waals surface area contributed by atoms with Gasteiger partial charge in [-0.3, -0.25) is 5.32 Å². The second-order valence-electron chi connectivity index (χ2n) is 14.3. The Kier molecular flexibility index (Phi) is 13.7. The summed E-state index contributed by atoms with van der Waals surface area (Å²) in [5, 5.41) is 41.4. The molecule has 0 amide bonds. The highest BCUT2D eigenvalue weighted by Gasteiger charge is 2.52.